The van der Waals surface area contributed by atoms with Gasteiger partial charge in [-0.1, -0.05) is 30.3 Å². The minimum Gasteiger partial charge on any atom is -0.352 e. The van der Waals surface area contributed by atoms with Crippen molar-refractivity contribution in [1.82, 2.24) is 10.2 Å². The predicted octanol–water partition coefficient (Wildman–Crippen LogP) is 1.75. The Hall–Kier alpha value is -1.39. The molecule has 2 aliphatic rings. The third-order valence-electron chi connectivity index (χ3n) is 4.90. The quantitative estimate of drug-likeness (QED) is 0.841. The van der Waals surface area contributed by atoms with Crippen LogP contribution in [0.2, 0.25) is 0 Å². The average molecular weight is 301 g/mol. The number of nitrogens with zero attached hydrogens (tertiary/aromatic N) is 1. The Labute approximate surface area is 133 Å². The normalized spacial score (nSPS) is 24.0. The third kappa shape index (κ3) is 4.08. The van der Waals surface area contributed by atoms with Gasteiger partial charge in [0.1, 0.15) is 0 Å². The smallest absolute Gasteiger partial charge is 0.224 e. The molecule has 4 nitrogen and oxygen atoms in total. The van der Waals surface area contributed by atoms with E-state index in [0.717, 1.165) is 32.5 Å². The van der Waals surface area contributed by atoms with Gasteiger partial charge in [0.05, 0.1) is 5.92 Å². The van der Waals surface area contributed by atoms with Gasteiger partial charge in [-0.05, 0) is 43.7 Å². The van der Waals surface area contributed by atoms with Gasteiger partial charge in [0.25, 0.3) is 0 Å². The molecular weight excluding hydrogens is 274 g/mol. The van der Waals surface area contributed by atoms with Crippen LogP contribution >= 0.6 is 0 Å². The summed E-state index contributed by atoms with van der Waals surface area (Å²) in [5.74, 6) is 0.948. The summed E-state index contributed by atoms with van der Waals surface area (Å²) in [6, 6.07) is 10.7. The molecule has 2 atom stereocenters. The van der Waals surface area contributed by atoms with Gasteiger partial charge in [0.2, 0.25) is 5.91 Å². The van der Waals surface area contributed by atoms with Gasteiger partial charge >= 0.3 is 0 Å². The van der Waals surface area contributed by atoms with Gasteiger partial charge in [-0.25, -0.2) is 0 Å². The molecule has 1 saturated carbocycles. The van der Waals surface area contributed by atoms with Crippen molar-refractivity contribution in [3.63, 3.8) is 0 Å². The van der Waals surface area contributed by atoms with Gasteiger partial charge in [-0.3, -0.25) is 9.69 Å². The molecule has 2 unspecified atom stereocenters. The Balaban J connectivity index is 1.52. The van der Waals surface area contributed by atoms with Crippen LogP contribution in [0.1, 0.15) is 31.2 Å². The van der Waals surface area contributed by atoms with Crippen LogP contribution in [0.25, 0.3) is 0 Å². The highest BCUT2D eigenvalue weighted by atomic mass is 16.2. The van der Waals surface area contributed by atoms with E-state index < -0.39 is 0 Å². The third-order valence-corrected chi connectivity index (χ3v) is 4.90. The number of carbonyl (C=O) groups is 1. The van der Waals surface area contributed by atoms with Gasteiger partial charge in [-0.2, -0.15) is 0 Å². The van der Waals surface area contributed by atoms with Crippen LogP contribution in [0.5, 0.6) is 0 Å². The molecule has 2 fully saturated rings. The first kappa shape index (κ1) is 15.5. The Morgan fingerprint density at radius 3 is 2.73 bits per heavy atom. The van der Waals surface area contributed by atoms with Gasteiger partial charge in [-0.15, -0.1) is 0 Å². The molecule has 4 heteroatoms. The largest absolute Gasteiger partial charge is 0.352 e. The van der Waals surface area contributed by atoms with E-state index in [9.17, 15) is 4.79 Å². The first-order chi connectivity index (χ1) is 10.8. The van der Waals surface area contributed by atoms with Crippen LogP contribution in [0, 0.1) is 11.8 Å². The fraction of sp³-hybridized carbons (Fsp3) is 0.611. The Bertz CT molecular complexity index is 486. The van der Waals surface area contributed by atoms with E-state index in [4.69, 9.17) is 5.73 Å². The molecule has 0 spiro atoms. The number of nitrogens with one attached hydrogen (secondary N) is 1. The van der Waals surface area contributed by atoms with Crippen LogP contribution in [0.4, 0.5) is 0 Å². The monoisotopic (exact) mass is 301 g/mol. The zero-order valence-electron chi connectivity index (χ0n) is 13.2. The Morgan fingerprint density at radius 1 is 1.27 bits per heavy atom. The molecule has 1 saturated heterocycles. The van der Waals surface area contributed by atoms with Gasteiger partial charge in [0.15, 0.2) is 0 Å². The summed E-state index contributed by atoms with van der Waals surface area (Å²) in [5, 5.41) is 3.19. The summed E-state index contributed by atoms with van der Waals surface area (Å²) in [6.45, 7) is 3.45. The number of hydrogen-bond donors (Lipinski definition) is 2. The van der Waals surface area contributed by atoms with E-state index >= 15 is 0 Å². The molecule has 1 aliphatic heterocycles. The van der Waals surface area contributed by atoms with Crippen molar-refractivity contribution in [2.45, 2.75) is 38.3 Å². The van der Waals surface area contributed by atoms with Crippen molar-refractivity contribution in [2.75, 3.05) is 19.6 Å². The summed E-state index contributed by atoms with van der Waals surface area (Å²) in [5.41, 5.74) is 7.12. The zero-order chi connectivity index (χ0) is 15.4. The molecule has 1 aromatic carbocycles. The fourth-order valence-corrected chi connectivity index (χ4v) is 3.42. The number of likely N-dealkylation sites (tertiary alicyclic amines) is 1. The Kier molecular flexibility index (Phi) is 5.11. The van der Waals surface area contributed by atoms with E-state index in [-0.39, 0.29) is 17.9 Å². The predicted molar refractivity (Wildman–Crippen MR) is 88.2 cm³/mol. The summed E-state index contributed by atoms with van der Waals surface area (Å²) in [7, 11) is 0. The maximum atomic E-state index is 12.5. The minimum absolute atomic E-state index is 0.116. The highest BCUT2D eigenvalue weighted by molar-refractivity contribution is 5.79. The molecule has 0 radical (unpaired) electrons. The topological polar surface area (TPSA) is 58.4 Å². The SMILES string of the molecule is NCC(NC(=O)C1CCCN(Cc2ccccc2)C1)C1CC1. The summed E-state index contributed by atoms with van der Waals surface area (Å²) in [6.07, 6.45) is 4.53. The fourth-order valence-electron chi connectivity index (χ4n) is 3.42. The molecule has 1 amide bonds. The molecule has 22 heavy (non-hydrogen) atoms. The first-order valence-corrected chi connectivity index (χ1v) is 8.53. The van der Waals surface area contributed by atoms with E-state index in [2.05, 4.69) is 34.5 Å². The summed E-state index contributed by atoms with van der Waals surface area (Å²) in [4.78, 5) is 14.9. The number of rotatable bonds is 6. The summed E-state index contributed by atoms with van der Waals surface area (Å²) < 4.78 is 0. The van der Waals surface area contributed by atoms with Crippen molar-refractivity contribution >= 4 is 5.91 Å². The van der Waals surface area contributed by atoms with E-state index in [1.165, 1.54) is 18.4 Å². The molecule has 1 aliphatic carbocycles. The second kappa shape index (κ2) is 7.25. The number of carbonyl (C=O) groups excluding carboxylic acids is 1. The molecule has 0 aromatic heterocycles. The number of amides is 1. The van der Waals surface area contributed by atoms with Crippen molar-refractivity contribution < 1.29 is 4.79 Å². The van der Waals surface area contributed by atoms with Crippen molar-refractivity contribution in [2.24, 2.45) is 17.6 Å². The van der Waals surface area contributed by atoms with Crippen LogP contribution in [-0.2, 0) is 11.3 Å². The minimum atomic E-state index is 0.116. The maximum absolute atomic E-state index is 12.5. The lowest BCUT2D eigenvalue weighted by atomic mass is 9.96. The van der Waals surface area contributed by atoms with Crippen LogP contribution in [-0.4, -0.2) is 36.5 Å². The molecule has 0 bridgehead atoms. The number of piperidine rings is 1. The number of nitrogens with two attached hydrogens (primary N) is 1. The first-order valence-electron chi connectivity index (χ1n) is 8.53. The molecular formula is C18H27N3O. The van der Waals surface area contributed by atoms with Gasteiger partial charge < -0.3 is 11.1 Å². The van der Waals surface area contributed by atoms with E-state index in [1.54, 1.807) is 0 Å². The van der Waals surface area contributed by atoms with E-state index in [0.29, 0.717) is 12.5 Å². The van der Waals surface area contributed by atoms with Crippen molar-refractivity contribution in [3.05, 3.63) is 35.9 Å². The number of hydrogen-bond acceptors (Lipinski definition) is 3. The second-order valence-corrected chi connectivity index (χ2v) is 6.75. The molecule has 3 rings (SSSR count). The molecule has 1 aromatic rings. The molecule has 120 valence electrons. The zero-order valence-corrected chi connectivity index (χ0v) is 13.2. The van der Waals surface area contributed by atoms with Crippen molar-refractivity contribution in [3.8, 4) is 0 Å². The maximum Gasteiger partial charge on any atom is 0.224 e. The lowest BCUT2D eigenvalue weighted by Crippen LogP contribution is -2.48. The van der Waals surface area contributed by atoms with E-state index in [1.807, 2.05) is 6.07 Å². The lowest BCUT2D eigenvalue weighted by Gasteiger charge is -2.33. The highest BCUT2D eigenvalue weighted by Crippen LogP contribution is 2.32. The second-order valence-electron chi connectivity index (χ2n) is 6.75. The highest BCUT2D eigenvalue weighted by Gasteiger charge is 2.33. The van der Waals surface area contributed by atoms with Crippen LogP contribution in [0.15, 0.2) is 30.3 Å². The standard InChI is InChI=1S/C18H27N3O/c19-11-17(15-8-9-15)20-18(22)16-7-4-10-21(13-16)12-14-5-2-1-3-6-14/h1-3,5-6,15-17H,4,7-13,19H2,(H,20,22). The van der Waals surface area contributed by atoms with Gasteiger partial charge in [0, 0.05) is 25.7 Å². The summed E-state index contributed by atoms with van der Waals surface area (Å²) >= 11 is 0. The Morgan fingerprint density at radius 2 is 2.05 bits per heavy atom. The molecule has 3 N–H and O–H groups in total. The molecule has 1 heterocycles. The van der Waals surface area contributed by atoms with Crippen LogP contribution < -0.4 is 11.1 Å². The lowest BCUT2D eigenvalue weighted by molar-refractivity contribution is -0.127. The van der Waals surface area contributed by atoms with Crippen LogP contribution in [0.3, 0.4) is 0 Å². The van der Waals surface area contributed by atoms with Crippen molar-refractivity contribution in [1.29, 1.82) is 0 Å². The number of benzene rings is 1. The average Bonchev–Trinajstić information content (AvgIpc) is 3.38.